The molecule has 2 atom stereocenters. The van der Waals surface area contributed by atoms with Gasteiger partial charge in [0, 0.05) is 5.33 Å². The second-order valence-electron chi connectivity index (χ2n) is 7.98. The zero-order valence-electron chi connectivity index (χ0n) is 13.0. The van der Waals surface area contributed by atoms with Gasteiger partial charge in [0.05, 0.1) is 0 Å². The van der Waals surface area contributed by atoms with Crippen LogP contribution in [-0.2, 0) is 9.59 Å². The number of hydrogen-bond acceptors (Lipinski definition) is 2. The maximum absolute atomic E-state index is 11.9. The zero-order chi connectivity index (χ0) is 16.1. The quantitative estimate of drug-likeness (QED) is 0.604. The van der Waals surface area contributed by atoms with Crippen LogP contribution in [0, 0.1) is 34.0 Å². The first-order valence-electron chi connectivity index (χ1n) is 6.85. The van der Waals surface area contributed by atoms with Gasteiger partial charge < -0.3 is 10.2 Å². The molecule has 0 saturated heterocycles. The lowest BCUT2D eigenvalue weighted by molar-refractivity contribution is -0.229. The van der Waals surface area contributed by atoms with E-state index in [2.05, 4.69) is 15.9 Å². The zero-order valence-corrected chi connectivity index (χ0v) is 14.6. The minimum absolute atomic E-state index is 0.0437. The standard InChI is InChI=1S/C15H25BrO4/c1-13(2,3)9-8(7-16)10(14(4,5)6)15(9,11(17)18)12(19)20/h8-10H,7H2,1-6H3,(H,17,18)(H,19,20). The largest absolute Gasteiger partial charge is 0.480 e. The topological polar surface area (TPSA) is 74.6 Å². The Kier molecular flexibility index (Phi) is 4.37. The number of hydrogen-bond donors (Lipinski definition) is 2. The van der Waals surface area contributed by atoms with Crippen LogP contribution in [0.15, 0.2) is 0 Å². The van der Waals surface area contributed by atoms with Crippen LogP contribution in [0.5, 0.6) is 0 Å². The second kappa shape index (κ2) is 5.00. The van der Waals surface area contributed by atoms with Gasteiger partial charge >= 0.3 is 11.9 Å². The predicted octanol–water partition coefficient (Wildman–Crippen LogP) is 3.49. The summed E-state index contributed by atoms with van der Waals surface area (Å²) >= 11 is 3.46. The van der Waals surface area contributed by atoms with Crippen molar-refractivity contribution in [2.24, 2.45) is 34.0 Å². The first-order valence-corrected chi connectivity index (χ1v) is 7.97. The van der Waals surface area contributed by atoms with Crippen molar-refractivity contribution < 1.29 is 19.8 Å². The highest BCUT2D eigenvalue weighted by atomic mass is 79.9. The number of aliphatic carboxylic acids is 2. The highest BCUT2D eigenvalue weighted by Crippen LogP contribution is 2.67. The summed E-state index contributed by atoms with van der Waals surface area (Å²) < 4.78 is 0. The van der Waals surface area contributed by atoms with E-state index >= 15 is 0 Å². The normalized spacial score (nSPS) is 29.6. The summed E-state index contributed by atoms with van der Waals surface area (Å²) in [6.45, 7) is 11.5. The molecule has 0 aliphatic heterocycles. The van der Waals surface area contributed by atoms with Gasteiger partial charge in [0.25, 0.3) is 0 Å². The van der Waals surface area contributed by atoms with Gasteiger partial charge in [0.2, 0.25) is 0 Å². The summed E-state index contributed by atoms with van der Waals surface area (Å²) in [5.41, 5.74) is -2.46. The third-order valence-corrected chi connectivity index (χ3v) is 5.34. The molecule has 1 fully saturated rings. The summed E-state index contributed by atoms with van der Waals surface area (Å²) in [5.74, 6) is -3.16. The predicted molar refractivity (Wildman–Crippen MR) is 80.9 cm³/mol. The maximum Gasteiger partial charge on any atom is 0.321 e. The molecule has 0 aromatic rings. The van der Waals surface area contributed by atoms with Crippen LogP contribution in [0.2, 0.25) is 0 Å². The van der Waals surface area contributed by atoms with Gasteiger partial charge in [0.1, 0.15) is 0 Å². The molecular weight excluding hydrogens is 324 g/mol. The number of carbonyl (C=O) groups is 2. The van der Waals surface area contributed by atoms with Gasteiger partial charge in [-0.2, -0.15) is 0 Å². The third-order valence-electron chi connectivity index (χ3n) is 4.59. The summed E-state index contributed by atoms with van der Waals surface area (Å²) in [4.78, 5) is 23.8. The van der Waals surface area contributed by atoms with Gasteiger partial charge in [-0.15, -0.1) is 0 Å². The Balaban J connectivity index is 3.53. The molecule has 0 radical (unpaired) electrons. The van der Waals surface area contributed by atoms with E-state index in [0.717, 1.165) is 0 Å². The molecule has 116 valence electrons. The number of rotatable bonds is 3. The van der Waals surface area contributed by atoms with Crippen molar-refractivity contribution in [2.45, 2.75) is 41.5 Å². The minimum Gasteiger partial charge on any atom is -0.480 e. The van der Waals surface area contributed by atoms with Gasteiger partial charge in [-0.1, -0.05) is 57.5 Å². The lowest BCUT2D eigenvalue weighted by Gasteiger charge is -2.64. The van der Waals surface area contributed by atoms with Crippen LogP contribution in [0.25, 0.3) is 0 Å². The fourth-order valence-corrected chi connectivity index (χ4v) is 5.14. The maximum atomic E-state index is 11.9. The highest BCUT2D eigenvalue weighted by Gasteiger charge is 2.75. The first-order chi connectivity index (χ1) is 8.82. The molecule has 2 unspecified atom stereocenters. The third kappa shape index (κ3) is 2.28. The van der Waals surface area contributed by atoms with E-state index < -0.39 is 29.2 Å². The molecule has 1 aliphatic carbocycles. The molecule has 4 nitrogen and oxygen atoms in total. The summed E-state index contributed by atoms with van der Waals surface area (Å²) in [5, 5.41) is 20.1. The van der Waals surface area contributed by atoms with Crippen molar-refractivity contribution in [2.75, 3.05) is 5.33 Å². The number of alkyl halides is 1. The molecule has 1 aliphatic rings. The van der Waals surface area contributed by atoms with Gasteiger partial charge in [-0.05, 0) is 28.6 Å². The molecule has 1 rings (SSSR count). The lowest BCUT2D eigenvalue weighted by Crippen LogP contribution is -2.71. The van der Waals surface area contributed by atoms with E-state index in [1.54, 1.807) is 0 Å². The van der Waals surface area contributed by atoms with Crippen molar-refractivity contribution in [3.63, 3.8) is 0 Å². The van der Waals surface area contributed by atoms with Crippen molar-refractivity contribution in [1.82, 2.24) is 0 Å². The van der Waals surface area contributed by atoms with E-state index in [4.69, 9.17) is 0 Å². The summed E-state index contributed by atoms with van der Waals surface area (Å²) in [6, 6.07) is 0. The van der Waals surface area contributed by atoms with Crippen LogP contribution in [0.1, 0.15) is 41.5 Å². The Morgan fingerprint density at radius 2 is 1.25 bits per heavy atom. The fourth-order valence-electron chi connectivity index (χ4n) is 4.39. The molecule has 5 heteroatoms. The van der Waals surface area contributed by atoms with Gasteiger partial charge in [-0.3, -0.25) is 9.59 Å². The van der Waals surface area contributed by atoms with Crippen LogP contribution in [0.3, 0.4) is 0 Å². The molecule has 0 amide bonds. The van der Waals surface area contributed by atoms with E-state index in [-0.39, 0.29) is 16.7 Å². The summed E-state index contributed by atoms with van der Waals surface area (Å²) in [6.07, 6.45) is 0. The smallest absolute Gasteiger partial charge is 0.321 e. The SMILES string of the molecule is CC(C)(C)C1C(CBr)C(C(C)(C)C)C1(C(=O)O)C(=O)O. The molecule has 0 heterocycles. The molecular formula is C15H25BrO4. The number of carboxylic acids is 2. The first kappa shape index (κ1) is 17.5. The van der Waals surface area contributed by atoms with Crippen molar-refractivity contribution in [1.29, 1.82) is 0 Å². The van der Waals surface area contributed by atoms with Crippen LogP contribution in [-0.4, -0.2) is 27.5 Å². The van der Waals surface area contributed by atoms with Crippen molar-refractivity contribution >= 4 is 27.9 Å². The van der Waals surface area contributed by atoms with Crippen LogP contribution < -0.4 is 0 Å². The summed E-state index contributed by atoms with van der Waals surface area (Å²) in [7, 11) is 0. The molecule has 0 bridgehead atoms. The molecule has 1 saturated carbocycles. The minimum atomic E-state index is -1.70. The number of carboxylic acid groups (broad SMARTS) is 2. The number of halogens is 1. The Hall–Kier alpha value is -0.580. The lowest BCUT2D eigenvalue weighted by atomic mass is 9.37. The molecule has 0 aromatic carbocycles. The highest BCUT2D eigenvalue weighted by molar-refractivity contribution is 9.09. The monoisotopic (exact) mass is 348 g/mol. The van der Waals surface area contributed by atoms with E-state index in [1.165, 1.54) is 0 Å². The molecule has 0 aromatic heterocycles. The molecule has 0 spiro atoms. The van der Waals surface area contributed by atoms with E-state index in [1.807, 2.05) is 41.5 Å². The van der Waals surface area contributed by atoms with Crippen molar-refractivity contribution in [3.8, 4) is 0 Å². The van der Waals surface area contributed by atoms with Crippen molar-refractivity contribution in [3.05, 3.63) is 0 Å². The Labute approximate surface area is 129 Å². The van der Waals surface area contributed by atoms with E-state index in [0.29, 0.717) is 5.33 Å². The van der Waals surface area contributed by atoms with Gasteiger partial charge in [-0.25, -0.2) is 0 Å². The van der Waals surface area contributed by atoms with Gasteiger partial charge in [0.15, 0.2) is 5.41 Å². The molecule has 20 heavy (non-hydrogen) atoms. The fraction of sp³-hybridized carbons (Fsp3) is 0.867. The second-order valence-corrected chi connectivity index (χ2v) is 8.63. The van der Waals surface area contributed by atoms with Crippen LogP contribution >= 0.6 is 15.9 Å². The Morgan fingerprint density at radius 1 is 0.950 bits per heavy atom. The Bertz CT molecular complexity index is 379. The van der Waals surface area contributed by atoms with Crippen LogP contribution in [0.4, 0.5) is 0 Å². The van der Waals surface area contributed by atoms with E-state index in [9.17, 15) is 19.8 Å². The Morgan fingerprint density at radius 3 is 1.40 bits per heavy atom. The molecule has 2 N–H and O–H groups in total. The average molecular weight is 349 g/mol. The average Bonchev–Trinajstić information content (AvgIpc) is 2.10.